The maximum atomic E-state index is 13.9. The Morgan fingerprint density at radius 3 is 2.67 bits per heavy atom. The first-order chi connectivity index (χ1) is 19.3. The van der Waals surface area contributed by atoms with Crippen molar-refractivity contribution in [3.05, 3.63) is 77.4 Å². The summed E-state index contributed by atoms with van der Waals surface area (Å²) in [6.07, 6.45) is 5.72. The molecule has 5 rings (SSSR count). The fourth-order valence-electron chi connectivity index (χ4n) is 4.95. The Balaban J connectivity index is 1.35. The first-order valence-corrected chi connectivity index (χ1v) is 15.7. The third kappa shape index (κ3) is 6.15. The summed E-state index contributed by atoms with van der Waals surface area (Å²) in [6, 6.07) is 18.9. The molecule has 2 aliphatic heterocycles. The minimum absolute atomic E-state index is 0.0145. The van der Waals surface area contributed by atoms with E-state index in [0.29, 0.717) is 47.9 Å². The zero-order valence-electron chi connectivity index (χ0n) is 23.1. The number of carbonyl (C=O) groups excluding carboxylic acids is 2. The van der Waals surface area contributed by atoms with Gasteiger partial charge in [-0.15, -0.1) is 0 Å². The van der Waals surface area contributed by atoms with E-state index in [-0.39, 0.29) is 22.6 Å². The Labute approximate surface area is 243 Å². The average Bonchev–Trinajstić information content (AvgIpc) is 3.25. The second kappa shape index (κ2) is 12.0. The van der Waals surface area contributed by atoms with Crippen LogP contribution in [0.4, 0.5) is 17.1 Å². The van der Waals surface area contributed by atoms with Gasteiger partial charge in [-0.05, 0) is 55.9 Å². The number of rotatable bonds is 10. The summed E-state index contributed by atoms with van der Waals surface area (Å²) in [5.74, 6) is 0.802. The van der Waals surface area contributed by atoms with Crippen LogP contribution in [-0.4, -0.2) is 42.2 Å². The van der Waals surface area contributed by atoms with Crippen LogP contribution in [0, 0.1) is 0 Å². The Kier molecular flexibility index (Phi) is 8.42. The number of amides is 2. The van der Waals surface area contributed by atoms with E-state index in [0.717, 1.165) is 23.2 Å². The van der Waals surface area contributed by atoms with Gasteiger partial charge >= 0.3 is 0 Å². The summed E-state index contributed by atoms with van der Waals surface area (Å²) in [4.78, 5) is 33.1. The minimum Gasteiger partial charge on any atom is -0.493 e. The van der Waals surface area contributed by atoms with Crippen molar-refractivity contribution in [2.45, 2.75) is 50.5 Å². The van der Waals surface area contributed by atoms with E-state index in [2.05, 4.69) is 19.2 Å². The molecule has 40 heavy (non-hydrogen) atoms. The predicted molar refractivity (Wildman–Crippen MR) is 166 cm³/mol. The highest BCUT2D eigenvalue weighted by atomic mass is 33.1. The quantitative estimate of drug-likeness (QED) is 0.261. The monoisotopic (exact) mass is 575 g/mol. The van der Waals surface area contributed by atoms with Gasteiger partial charge in [0.25, 0.3) is 5.91 Å². The third-order valence-electron chi connectivity index (χ3n) is 7.01. The van der Waals surface area contributed by atoms with Gasteiger partial charge in [-0.3, -0.25) is 19.5 Å². The van der Waals surface area contributed by atoms with Crippen LogP contribution in [0.2, 0.25) is 0 Å². The lowest BCUT2D eigenvalue weighted by Crippen LogP contribution is -2.37. The van der Waals surface area contributed by atoms with Crippen LogP contribution in [0.3, 0.4) is 0 Å². The number of nitrogens with one attached hydrogen (secondary N) is 1. The van der Waals surface area contributed by atoms with Crippen molar-refractivity contribution < 1.29 is 19.1 Å². The number of carbonyl (C=O) groups is 2. The van der Waals surface area contributed by atoms with Crippen molar-refractivity contribution in [2.24, 2.45) is 4.99 Å². The highest BCUT2D eigenvalue weighted by Gasteiger charge is 2.37. The number of methoxy groups -OCH3 is 1. The second-order valence-electron chi connectivity index (χ2n) is 10.4. The molecule has 1 atom stereocenters. The second-order valence-corrected chi connectivity index (χ2v) is 13.5. The molecule has 0 aliphatic carbocycles. The van der Waals surface area contributed by atoms with Crippen molar-refractivity contribution in [1.82, 2.24) is 0 Å². The molecular formula is C31H33N3O4S2. The van der Waals surface area contributed by atoms with E-state index in [1.54, 1.807) is 45.7 Å². The van der Waals surface area contributed by atoms with E-state index < -0.39 is 0 Å². The SMILES string of the molecule is COc1cc2c(cc1OCc1ccccc1)N=C[C@@H]1Cc3ccc(NC(=O)CCC(C)(C)SSC)cc3N1C2=O. The molecule has 2 amide bonds. The van der Waals surface area contributed by atoms with Crippen molar-refractivity contribution in [3.63, 3.8) is 0 Å². The molecule has 9 heteroatoms. The van der Waals surface area contributed by atoms with Gasteiger partial charge in [0.15, 0.2) is 11.5 Å². The lowest BCUT2D eigenvalue weighted by Gasteiger charge is -2.23. The molecule has 2 aliphatic rings. The van der Waals surface area contributed by atoms with Gasteiger partial charge in [0.05, 0.1) is 30.1 Å². The molecule has 7 nitrogen and oxygen atoms in total. The van der Waals surface area contributed by atoms with Crippen molar-refractivity contribution >= 4 is 56.7 Å². The summed E-state index contributed by atoms with van der Waals surface area (Å²) in [5, 5.41) is 3.02. The lowest BCUT2D eigenvalue weighted by atomic mass is 10.1. The van der Waals surface area contributed by atoms with Gasteiger partial charge in [-0.1, -0.05) is 58.0 Å². The number of anilines is 2. The summed E-state index contributed by atoms with van der Waals surface area (Å²) in [7, 11) is 5.05. The fourth-order valence-corrected chi connectivity index (χ4v) is 7.19. The molecule has 0 unspecified atom stereocenters. The standard InChI is InChI=1S/C31H33N3O4S2/c1-31(2,40-39-4)13-12-29(35)33-22-11-10-21-14-23-18-32-25-17-28(38-19-20-8-6-5-7-9-20)27(37-3)16-24(25)30(36)34(23)26(21)15-22/h5-11,15-18,23H,12-14,19H2,1-4H3,(H,33,35)/t23-/m0/s1. The van der Waals surface area contributed by atoms with Gasteiger partial charge < -0.3 is 14.8 Å². The Morgan fingerprint density at radius 1 is 1.12 bits per heavy atom. The Morgan fingerprint density at radius 2 is 1.93 bits per heavy atom. The number of nitrogens with zero attached hydrogens (tertiary/aromatic N) is 2. The molecule has 0 radical (unpaired) electrons. The van der Waals surface area contributed by atoms with Crippen LogP contribution in [-0.2, 0) is 17.8 Å². The number of benzene rings is 3. The summed E-state index contributed by atoms with van der Waals surface area (Å²) < 4.78 is 11.7. The Bertz CT molecular complexity index is 1440. The van der Waals surface area contributed by atoms with E-state index >= 15 is 0 Å². The molecule has 0 bridgehead atoms. The summed E-state index contributed by atoms with van der Waals surface area (Å²) in [5.41, 5.74) is 4.52. The molecule has 0 aromatic heterocycles. The number of fused-ring (bicyclic) bond motifs is 4. The average molecular weight is 576 g/mol. The molecule has 2 heterocycles. The minimum atomic E-state index is -0.218. The molecule has 3 aromatic rings. The smallest absolute Gasteiger partial charge is 0.261 e. The van der Waals surface area contributed by atoms with Crippen molar-refractivity contribution in [2.75, 3.05) is 23.6 Å². The normalized spacial score (nSPS) is 15.7. The number of aliphatic imine (C=N–C) groups is 1. The first-order valence-electron chi connectivity index (χ1n) is 13.2. The van der Waals surface area contributed by atoms with Gasteiger partial charge in [0.1, 0.15) is 6.61 Å². The third-order valence-corrected chi connectivity index (χ3v) is 9.68. The highest BCUT2D eigenvalue weighted by molar-refractivity contribution is 8.76. The van der Waals surface area contributed by atoms with Gasteiger partial charge in [0.2, 0.25) is 5.91 Å². The molecule has 0 saturated heterocycles. The van der Waals surface area contributed by atoms with Crippen LogP contribution in [0.15, 0.2) is 65.7 Å². The lowest BCUT2D eigenvalue weighted by molar-refractivity contribution is -0.116. The maximum absolute atomic E-state index is 13.9. The van der Waals surface area contributed by atoms with Crippen LogP contribution in [0.1, 0.15) is 48.2 Å². The van der Waals surface area contributed by atoms with E-state index in [1.165, 1.54) is 0 Å². The molecule has 1 N–H and O–H groups in total. The Hall–Kier alpha value is -3.43. The van der Waals surface area contributed by atoms with Crippen LogP contribution >= 0.6 is 21.6 Å². The van der Waals surface area contributed by atoms with E-state index in [4.69, 9.17) is 14.5 Å². The van der Waals surface area contributed by atoms with Gasteiger partial charge in [-0.2, -0.15) is 0 Å². The number of ether oxygens (including phenoxy) is 2. The molecule has 3 aromatic carbocycles. The topological polar surface area (TPSA) is 80.2 Å². The van der Waals surface area contributed by atoms with E-state index in [9.17, 15) is 9.59 Å². The van der Waals surface area contributed by atoms with Crippen LogP contribution < -0.4 is 19.7 Å². The molecular weight excluding hydrogens is 542 g/mol. The van der Waals surface area contributed by atoms with Crippen LogP contribution in [0.5, 0.6) is 11.5 Å². The largest absolute Gasteiger partial charge is 0.493 e. The van der Waals surface area contributed by atoms with E-state index in [1.807, 2.05) is 61.0 Å². The molecule has 208 valence electrons. The molecule has 0 fully saturated rings. The zero-order chi connectivity index (χ0) is 28.3. The molecule has 0 spiro atoms. The number of hydrogen-bond acceptors (Lipinski definition) is 7. The number of hydrogen-bond donors (Lipinski definition) is 1. The maximum Gasteiger partial charge on any atom is 0.261 e. The zero-order valence-corrected chi connectivity index (χ0v) is 24.7. The molecule has 0 saturated carbocycles. The first kappa shape index (κ1) is 28.1. The summed E-state index contributed by atoms with van der Waals surface area (Å²) in [6.45, 7) is 4.67. The van der Waals surface area contributed by atoms with Crippen molar-refractivity contribution in [3.8, 4) is 11.5 Å². The van der Waals surface area contributed by atoms with Crippen LogP contribution in [0.25, 0.3) is 0 Å². The fraction of sp³-hybridized carbons (Fsp3) is 0.323. The van der Waals surface area contributed by atoms with Gasteiger partial charge in [-0.25, -0.2) is 0 Å². The van der Waals surface area contributed by atoms with Gasteiger partial charge in [0, 0.05) is 35.6 Å². The summed E-state index contributed by atoms with van der Waals surface area (Å²) >= 11 is 0. The predicted octanol–water partition coefficient (Wildman–Crippen LogP) is 7.07. The van der Waals surface area contributed by atoms with Crippen molar-refractivity contribution in [1.29, 1.82) is 0 Å². The highest BCUT2D eigenvalue weighted by Crippen LogP contribution is 2.42.